The van der Waals surface area contributed by atoms with Gasteiger partial charge in [0.2, 0.25) is 0 Å². The average Bonchev–Trinajstić information content (AvgIpc) is 2.75. The second-order valence-corrected chi connectivity index (χ2v) is 6.57. The smallest absolute Gasteiger partial charge is 0.0832 e. The Kier molecular flexibility index (Phi) is 5.24. The Balaban J connectivity index is 2.09. The fourth-order valence-electron chi connectivity index (χ4n) is 1.78. The lowest BCUT2D eigenvalue weighted by atomic mass is 10.2. The number of aromatic nitrogens is 2. The van der Waals surface area contributed by atoms with Crippen molar-refractivity contribution in [2.45, 2.75) is 20.4 Å². The van der Waals surface area contributed by atoms with E-state index in [0.29, 0.717) is 5.92 Å². The summed E-state index contributed by atoms with van der Waals surface area (Å²) in [5.74, 6) is 0.654. The van der Waals surface area contributed by atoms with Gasteiger partial charge in [0.25, 0.3) is 0 Å². The Labute approximate surface area is 132 Å². The van der Waals surface area contributed by atoms with E-state index in [1.165, 1.54) is 5.56 Å². The third kappa shape index (κ3) is 4.19. The Morgan fingerprint density at radius 2 is 2.21 bits per heavy atom. The van der Waals surface area contributed by atoms with E-state index in [1.54, 1.807) is 4.68 Å². The molecule has 0 aliphatic rings. The maximum absolute atomic E-state index is 6.32. The van der Waals surface area contributed by atoms with Crippen molar-refractivity contribution in [3.63, 3.8) is 0 Å². The molecule has 1 heterocycles. The van der Waals surface area contributed by atoms with Crippen LogP contribution in [0.3, 0.4) is 0 Å². The highest BCUT2D eigenvalue weighted by Gasteiger charge is 2.05. The first-order chi connectivity index (χ1) is 9.06. The molecule has 0 aliphatic heterocycles. The van der Waals surface area contributed by atoms with Gasteiger partial charge in [0.15, 0.2) is 0 Å². The lowest BCUT2D eigenvalue weighted by molar-refractivity contribution is 0.552. The number of hydrogen-bond donors (Lipinski definition) is 1. The van der Waals surface area contributed by atoms with Crippen LogP contribution in [0.15, 0.2) is 30.6 Å². The van der Waals surface area contributed by atoms with Crippen molar-refractivity contribution < 1.29 is 0 Å². The van der Waals surface area contributed by atoms with Crippen LogP contribution in [-0.2, 0) is 6.54 Å². The van der Waals surface area contributed by atoms with E-state index < -0.39 is 0 Å². The van der Waals surface area contributed by atoms with Crippen LogP contribution in [0, 0.1) is 9.49 Å². The monoisotopic (exact) mass is 389 g/mol. The molecule has 2 rings (SSSR count). The second-order valence-electron chi connectivity index (χ2n) is 4.91. The Morgan fingerprint density at radius 1 is 1.42 bits per heavy atom. The predicted octanol–water partition coefficient (Wildman–Crippen LogP) is 3.88. The number of nitrogens with zero attached hydrogens (tertiary/aromatic N) is 2. The summed E-state index contributed by atoms with van der Waals surface area (Å²) in [6.07, 6.45) is 3.77. The first-order valence-electron chi connectivity index (χ1n) is 6.26. The van der Waals surface area contributed by atoms with E-state index in [1.807, 2.05) is 24.5 Å². The van der Waals surface area contributed by atoms with E-state index in [4.69, 9.17) is 11.6 Å². The summed E-state index contributed by atoms with van der Waals surface area (Å²) in [5, 5.41) is 8.41. The van der Waals surface area contributed by atoms with Crippen LogP contribution in [0.2, 0.25) is 5.02 Å². The van der Waals surface area contributed by atoms with Crippen LogP contribution in [0.1, 0.15) is 19.4 Å². The highest BCUT2D eigenvalue weighted by atomic mass is 127. The van der Waals surface area contributed by atoms with Crippen LogP contribution < -0.4 is 5.32 Å². The zero-order valence-electron chi connectivity index (χ0n) is 11.0. The molecule has 3 nitrogen and oxygen atoms in total. The Morgan fingerprint density at radius 3 is 2.79 bits per heavy atom. The first-order valence-corrected chi connectivity index (χ1v) is 7.71. The van der Waals surface area contributed by atoms with Crippen molar-refractivity contribution in [2.24, 2.45) is 5.92 Å². The molecule has 0 radical (unpaired) electrons. The summed E-state index contributed by atoms with van der Waals surface area (Å²) in [6.45, 7) is 6.25. The first kappa shape index (κ1) is 14.8. The number of nitrogens with one attached hydrogen (secondary N) is 1. The lowest BCUT2D eigenvalue weighted by Gasteiger charge is -2.09. The predicted molar refractivity (Wildman–Crippen MR) is 87.8 cm³/mol. The van der Waals surface area contributed by atoms with Crippen molar-refractivity contribution in [2.75, 3.05) is 6.54 Å². The minimum absolute atomic E-state index is 0.654. The van der Waals surface area contributed by atoms with E-state index in [2.05, 4.69) is 52.9 Å². The van der Waals surface area contributed by atoms with Gasteiger partial charge >= 0.3 is 0 Å². The summed E-state index contributed by atoms with van der Waals surface area (Å²) in [7, 11) is 0. The zero-order chi connectivity index (χ0) is 13.8. The topological polar surface area (TPSA) is 29.9 Å². The lowest BCUT2D eigenvalue weighted by Crippen LogP contribution is -2.18. The van der Waals surface area contributed by atoms with Crippen molar-refractivity contribution in [3.8, 4) is 5.69 Å². The molecule has 0 spiro atoms. The van der Waals surface area contributed by atoms with Crippen molar-refractivity contribution in [1.82, 2.24) is 15.1 Å². The average molecular weight is 390 g/mol. The third-order valence-corrected chi connectivity index (χ3v) is 3.55. The number of rotatable bonds is 5. The summed E-state index contributed by atoms with van der Waals surface area (Å²) < 4.78 is 2.89. The van der Waals surface area contributed by atoms with Gasteiger partial charge in [-0.2, -0.15) is 5.10 Å². The molecule has 0 saturated heterocycles. The minimum Gasteiger partial charge on any atom is -0.312 e. The van der Waals surface area contributed by atoms with Gasteiger partial charge in [-0.1, -0.05) is 31.5 Å². The molecule has 1 aromatic heterocycles. The standard InChI is InChI=1S/C14H17ClIN3/c1-10(2)6-17-7-11-3-4-14(13(15)5-11)19-9-12(16)8-18-19/h3-5,8-10,17H,6-7H2,1-2H3. The molecule has 0 unspecified atom stereocenters. The maximum atomic E-state index is 6.32. The largest absolute Gasteiger partial charge is 0.312 e. The molecule has 19 heavy (non-hydrogen) atoms. The molecule has 0 bridgehead atoms. The van der Waals surface area contributed by atoms with Gasteiger partial charge in [0.05, 0.1) is 20.5 Å². The summed E-state index contributed by atoms with van der Waals surface area (Å²) in [4.78, 5) is 0. The SMILES string of the molecule is CC(C)CNCc1ccc(-n2cc(I)cn2)c(Cl)c1. The normalized spacial score (nSPS) is 11.2. The van der Waals surface area contributed by atoms with Gasteiger partial charge in [-0.3, -0.25) is 0 Å². The van der Waals surface area contributed by atoms with Crippen LogP contribution >= 0.6 is 34.2 Å². The molecule has 1 aromatic carbocycles. The van der Waals surface area contributed by atoms with Crippen LogP contribution in [0.4, 0.5) is 0 Å². The fourth-order valence-corrected chi connectivity index (χ4v) is 2.46. The number of halogens is 2. The van der Waals surface area contributed by atoms with Gasteiger partial charge in [0.1, 0.15) is 0 Å². The van der Waals surface area contributed by atoms with Gasteiger partial charge in [0, 0.05) is 12.7 Å². The van der Waals surface area contributed by atoms with E-state index in [9.17, 15) is 0 Å². The molecular formula is C14H17ClIN3. The molecule has 0 aliphatic carbocycles. The molecule has 0 atom stereocenters. The third-order valence-electron chi connectivity index (χ3n) is 2.69. The summed E-state index contributed by atoms with van der Waals surface area (Å²) in [6, 6.07) is 6.10. The van der Waals surface area contributed by atoms with Crippen LogP contribution in [-0.4, -0.2) is 16.3 Å². The highest BCUT2D eigenvalue weighted by molar-refractivity contribution is 14.1. The number of hydrogen-bond acceptors (Lipinski definition) is 2. The van der Waals surface area contributed by atoms with Gasteiger partial charge in [-0.05, 0) is 52.7 Å². The van der Waals surface area contributed by atoms with Gasteiger partial charge in [-0.15, -0.1) is 0 Å². The van der Waals surface area contributed by atoms with E-state index in [0.717, 1.165) is 27.4 Å². The van der Waals surface area contributed by atoms with E-state index in [-0.39, 0.29) is 0 Å². The fraction of sp³-hybridized carbons (Fsp3) is 0.357. The van der Waals surface area contributed by atoms with Crippen molar-refractivity contribution in [3.05, 3.63) is 44.7 Å². The quantitative estimate of drug-likeness (QED) is 0.787. The van der Waals surface area contributed by atoms with Crippen LogP contribution in [0.5, 0.6) is 0 Å². The molecule has 0 saturated carbocycles. The molecule has 5 heteroatoms. The molecule has 0 amide bonds. The minimum atomic E-state index is 0.654. The second kappa shape index (κ2) is 6.72. The molecule has 102 valence electrons. The summed E-state index contributed by atoms with van der Waals surface area (Å²) >= 11 is 8.56. The van der Waals surface area contributed by atoms with Crippen molar-refractivity contribution in [1.29, 1.82) is 0 Å². The molecule has 0 fully saturated rings. The molecule has 1 N–H and O–H groups in total. The molecular weight excluding hydrogens is 373 g/mol. The van der Waals surface area contributed by atoms with Gasteiger partial charge < -0.3 is 5.32 Å². The highest BCUT2D eigenvalue weighted by Crippen LogP contribution is 2.22. The van der Waals surface area contributed by atoms with Gasteiger partial charge in [-0.25, -0.2) is 4.68 Å². The van der Waals surface area contributed by atoms with Crippen LogP contribution in [0.25, 0.3) is 5.69 Å². The number of benzene rings is 1. The summed E-state index contributed by atoms with van der Waals surface area (Å²) in [5.41, 5.74) is 2.11. The Hall–Kier alpha value is -0.590. The van der Waals surface area contributed by atoms with E-state index >= 15 is 0 Å². The zero-order valence-corrected chi connectivity index (χ0v) is 13.9. The molecule has 2 aromatic rings. The maximum Gasteiger partial charge on any atom is 0.0832 e. The Bertz CT molecular complexity index is 551. The van der Waals surface area contributed by atoms with Crippen molar-refractivity contribution >= 4 is 34.2 Å².